The zero-order chi connectivity index (χ0) is 18.6. The number of ketones is 1. The molecule has 1 aliphatic rings. The van der Waals surface area contributed by atoms with E-state index in [2.05, 4.69) is 38.8 Å². The van der Waals surface area contributed by atoms with Gasteiger partial charge in [0.2, 0.25) is 5.78 Å². The molecular formula is C21H21NO3S. The Balaban J connectivity index is 1.90. The molecule has 0 amide bonds. The van der Waals surface area contributed by atoms with Gasteiger partial charge in [0.05, 0.1) is 4.88 Å². The maximum atomic E-state index is 12.6. The third kappa shape index (κ3) is 2.58. The molecule has 1 aliphatic heterocycles. The Bertz CT molecular complexity index is 1060. The van der Waals surface area contributed by atoms with Crippen LogP contribution in [-0.2, 0) is 0 Å². The number of hydrogen-bond donors (Lipinski definition) is 0. The van der Waals surface area contributed by atoms with Gasteiger partial charge in [-0.1, -0.05) is 13.0 Å². The van der Waals surface area contributed by atoms with E-state index in [1.165, 1.54) is 16.9 Å². The van der Waals surface area contributed by atoms with Crippen molar-refractivity contribution in [3.63, 3.8) is 0 Å². The van der Waals surface area contributed by atoms with Crippen LogP contribution in [0.3, 0.4) is 0 Å². The van der Waals surface area contributed by atoms with E-state index in [9.17, 15) is 9.59 Å². The van der Waals surface area contributed by atoms with E-state index in [1.807, 2.05) is 11.4 Å². The summed E-state index contributed by atoms with van der Waals surface area (Å²) in [6.45, 7) is 6.65. The highest BCUT2D eigenvalue weighted by Crippen LogP contribution is 2.43. The molecule has 134 valence electrons. The lowest BCUT2D eigenvalue weighted by Crippen LogP contribution is -2.45. The molecule has 0 aliphatic carbocycles. The molecule has 1 atom stereocenters. The molecule has 0 N–H and O–H groups in total. The second kappa shape index (κ2) is 5.81. The first-order chi connectivity index (χ1) is 12.3. The summed E-state index contributed by atoms with van der Waals surface area (Å²) in [5.74, 6) is 0.114. The topological polar surface area (TPSA) is 50.5 Å². The molecule has 1 aromatic carbocycles. The summed E-state index contributed by atoms with van der Waals surface area (Å²) in [6, 6.07) is 9.20. The minimum absolute atomic E-state index is 0.0372. The van der Waals surface area contributed by atoms with Crippen LogP contribution in [0.1, 0.15) is 53.9 Å². The largest absolute Gasteiger partial charge is 0.422 e. The van der Waals surface area contributed by atoms with Crippen molar-refractivity contribution >= 4 is 33.8 Å². The van der Waals surface area contributed by atoms with Crippen molar-refractivity contribution in [3.8, 4) is 0 Å². The van der Waals surface area contributed by atoms with Crippen molar-refractivity contribution in [2.45, 2.75) is 38.6 Å². The fourth-order valence-corrected chi connectivity index (χ4v) is 4.56. The molecular weight excluding hydrogens is 346 g/mol. The van der Waals surface area contributed by atoms with E-state index in [-0.39, 0.29) is 16.9 Å². The molecule has 5 heteroatoms. The predicted molar refractivity (Wildman–Crippen MR) is 106 cm³/mol. The first-order valence-corrected chi connectivity index (χ1v) is 9.60. The second-order valence-corrected chi connectivity index (χ2v) is 8.63. The van der Waals surface area contributed by atoms with Gasteiger partial charge in [0.15, 0.2) is 0 Å². The van der Waals surface area contributed by atoms with Crippen molar-refractivity contribution in [2.75, 3.05) is 11.9 Å². The van der Waals surface area contributed by atoms with Crippen molar-refractivity contribution in [1.29, 1.82) is 0 Å². The van der Waals surface area contributed by atoms with Gasteiger partial charge in [0, 0.05) is 29.7 Å². The Kier molecular flexibility index (Phi) is 3.81. The number of hydrogen-bond acceptors (Lipinski definition) is 5. The van der Waals surface area contributed by atoms with Crippen LogP contribution in [0.4, 0.5) is 5.69 Å². The van der Waals surface area contributed by atoms with Crippen molar-refractivity contribution in [3.05, 3.63) is 62.1 Å². The minimum atomic E-state index is -0.582. The molecule has 26 heavy (non-hydrogen) atoms. The smallest absolute Gasteiger partial charge is 0.347 e. The first-order valence-electron chi connectivity index (χ1n) is 8.72. The highest BCUT2D eigenvalue weighted by atomic mass is 32.1. The van der Waals surface area contributed by atoms with Crippen LogP contribution in [0, 0.1) is 0 Å². The molecule has 0 radical (unpaired) electrons. The Labute approximate surface area is 156 Å². The monoisotopic (exact) mass is 367 g/mol. The Morgan fingerprint density at radius 1 is 1.31 bits per heavy atom. The molecule has 0 spiro atoms. The Morgan fingerprint density at radius 2 is 2.08 bits per heavy atom. The quantitative estimate of drug-likeness (QED) is 0.482. The summed E-state index contributed by atoms with van der Waals surface area (Å²) in [7, 11) is 2.07. The predicted octanol–water partition coefficient (Wildman–Crippen LogP) is 4.81. The lowest BCUT2D eigenvalue weighted by molar-refractivity contribution is 0.103. The Hall–Kier alpha value is -2.40. The molecule has 0 saturated carbocycles. The first kappa shape index (κ1) is 17.0. The SMILES string of the molecule is C[C@H]1CC(C)(C)N(C)c2cc3oc(=O)c(C(=O)c4cccs4)cc3cc21. The van der Waals surface area contributed by atoms with Gasteiger partial charge in [-0.25, -0.2) is 4.79 Å². The highest BCUT2D eigenvalue weighted by Gasteiger charge is 2.34. The molecule has 4 rings (SSSR count). The maximum absolute atomic E-state index is 12.6. The van der Waals surface area contributed by atoms with Gasteiger partial charge in [-0.15, -0.1) is 11.3 Å². The zero-order valence-corrected chi connectivity index (χ0v) is 16.1. The summed E-state index contributed by atoms with van der Waals surface area (Å²) >= 11 is 1.33. The number of anilines is 1. The molecule has 0 bridgehead atoms. The van der Waals surface area contributed by atoms with Crippen LogP contribution in [0.5, 0.6) is 0 Å². The number of rotatable bonds is 2. The standard InChI is InChI=1S/C21H21NO3S/c1-12-11-21(2,3)22(4)16-10-17-13(8-14(12)16)9-15(20(24)25-17)19(23)18-6-5-7-26-18/h5-10,12H,11H2,1-4H3/t12-/m0/s1. The van der Waals surface area contributed by atoms with E-state index >= 15 is 0 Å². The number of benzene rings is 1. The van der Waals surface area contributed by atoms with Gasteiger partial charge in [-0.05, 0) is 55.3 Å². The number of carbonyl (C=O) groups excluding carboxylic acids is 1. The number of fused-ring (bicyclic) bond motifs is 2. The van der Waals surface area contributed by atoms with E-state index in [0.29, 0.717) is 16.4 Å². The molecule has 3 aromatic rings. The lowest BCUT2D eigenvalue weighted by atomic mass is 9.80. The van der Waals surface area contributed by atoms with Gasteiger partial charge in [0.25, 0.3) is 0 Å². The van der Waals surface area contributed by atoms with Gasteiger partial charge >= 0.3 is 5.63 Å². The fourth-order valence-electron chi connectivity index (χ4n) is 3.88. The third-order valence-electron chi connectivity index (χ3n) is 5.48. The highest BCUT2D eigenvalue weighted by molar-refractivity contribution is 7.12. The average Bonchev–Trinajstić information content (AvgIpc) is 3.12. The lowest BCUT2D eigenvalue weighted by Gasteiger charge is -2.45. The van der Waals surface area contributed by atoms with Crippen molar-refractivity contribution in [1.82, 2.24) is 0 Å². The van der Waals surface area contributed by atoms with E-state index in [0.717, 1.165) is 17.5 Å². The molecule has 2 aromatic heterocycles. The van der Waals surface area contributed by atoms with Crippen molar-refractivity contribution < 1.29 is 9.21 Å². The van der Waals surface area contributed by atoms with E-state index in [4.69, 9.17) is 4.42 Å². The summed E-state index contributed by atoms with van der Waals surface area (Å²) in [4.78, 5) is 27.8. The number of thiophene rings is 1. The van der Waals surface area contributed by atoms with Gasteiger partial charge in [0.1, 0.15) is 11.1 Å². The minimum Gasteiger partial charge on any atom is -0.422 e. The average molecular weight is 367 g/mol. The van der Waals surface area contributed by atoms with Crippen LogP contribution in [-0.4, -0.2) is 18.4 Å². The number of nitrogens with zero attached hydrogens (tertiary/aromatic N) is 1. The Morgan fingerprint density at radius 3 is 2.77 bits per heavy atom. The summed E-state index contributed by atoms with van der Waals surface area (Å²) < 4.78 is 5.53. The number of carbonyl (C=O) groups is 1. The van der Waals surface area contributed by atoms with E-state index in [1.54, 1.807) is 18.2 Å². The fraction of sp³-hybridized carbons (Fsp3) is 0.333. The van der Waals surface area contributed by atoms with Crippen LogP contribution < -0.4 is 10.5 Å². The van der Waals surface area contributed by atoms with Crippen LogP contribution in [0.15, 0.2) is 44.9 Å². The zero-order valence-electron chi connectivity index (χ0n) is 15.3. The van der Waals surface area contributed by atoms with Gasteiger partial charge in [-0.2, -0.15) is 0 Å². The van der Waals surface area contributed by atoms with Gasteiger partial charge in [-0.3, -0.25) is 4.79 Å². The van der Waals surface area contributed by atoms with Crippen LogP contribution in [0.25, 0.3) is 11.0 Å². The second-order valence-electron chi connectivity index (χ2n) is 7.68. The van der Waals surface area contributed by atoms with Gasteiger partial charge < -0.3 is 9.32 Å². The maximum Gasteiger partial charge on any atom is 0.347 e. The summed E-state index contributed by atoms with van der Waals surface area (Å²) in [5, 5.41) is 2.62. The normalized spacial score (nSPS) is 18.8. The van der Waals surface area contributed by atoms with Crippen LogP contribution in [0.2, 0.25) is 0 Å². The molecule has 0 saturated heterocycles. The van der Waals surface area contributed by atoms with E-state index < -0.39 is 5.63 Å². The molecule has 0 unspecified atom stereocenters. The molecule has 3 heterocycles. The molecule has 4 nitrogen and oxygen atoms in total. The van der Waals surface area contributed by atoms with Crippen LogP contribution >= 0.6 is 11.3 Å². The molecule has 0 fully saturated rings. The van der Waals surface area contributed by atoms with Crippen molar-refractivity contribution in [2.24, 2.45) is 0 Å². The summed E-state index contributed by atoms with van der Waals surface area (Å²) in [6.07, 6.45) is 1.04. The summed E-state index contributed by atoms with van der Waals surface area (Å²) in [5.41, 5.74) is 2.38. The third-order valence-corrected chi connectivity index (χ3v) is 6.35.